The number of aryl methyl sites for hydroxylation is 1. The van der Waals surface area contributed by atoms with Crippen LogP contribution in [0.3, 0.4) is 0 Å². The molecule has 0 saturated heterocycles. The smallest absolute Gasteiger partial charge is 0.313 e. The third-order valence-corrected chi connectivity index (χ3v) is 4.18. The van der Waals surface area contributed by atoms with E-state index in [4.69, 9.17) is 5.11 Å². The fourth-order valence-electron chi connectivity index (χ4n) is 1.49. The number of carbonyl (C=O) groups is 1. The van der Waals surface area contributed by atoms with Gasteiger partial charge in [-0.15, -0.1) is 21.5 Å². The molecule has 0 fully saturated rings. The van der Waals surface area contributed by atoms with Gasteiger partial charge in [-0.05, 0) is 13.8 Å². The van der Waals surface area contributed by atoms with Gasteiger partial charge in [0.05, 0.1) is 21.8 Å². The molecule has 2 rings (SSSR count). The Kier molecular flexibility index (Phi) is 3.97. The van der Waals surface area contributed by atoms with Crippen LogP contribution in [0.25, 0.3) is 10.7 Å². The Morgan fingerprint density at radius 3 is 2.89 bits per heavy atom. The minimum Gasteiger partial charge on any atom is -0.481 e. The van der Waals surface area contributed by atoms with E-state index in [9.17, 15) is 4.79 Å². The number of rotatable bonds is 5. The summed E-state index contributed by atoms with van der Waals surface area (Å²) in [5.41, 5.74) is 2.68. The molecular weight excluding hydrogens is 272 g/mol. The summed E-state index contributed by atoms with van der Waals surface area (Å²) in [6.45, 7) is 4.60. The molecule has 0 saturated carbocycles. The zero-order chi connectivity index (χ0) is 13.1. The molecule has 0 aliphatic heterocycles. The van der Waals surface area contributed by atoms with Gasteiger partial charge in [0.25, 0.3) is 0 Å². The van der Waals surface area contributed by atoms with Crippen molar-refractivity contribution in [2.75, 3.05) is 5.75 Å². The molecule has 0 amide bonds. The van der Waals surface area contributed by atoms with E-state index < -0.39 is 5.97 Å². The fourth-order valence-corrected chi connectivity index (χ4v) is 3.01. The van der Waals surface area contributed by atoms with Gasteiger partial charge < -0.3 is 9.67 Å². The fraction of sp³-hybridized carbons (Fsp3) is 0.400. The van der Waals surface area contributed by atoms with E-state index in [2.05, 4.69) is 15.2 Å². The molecule has 8 heteroatoms. The second-order valence-corrected chi connectivity index (χ2v) is 5.30. The molecule has 96 valence electrons. The van der Waals surface area contributed by atoms with E-state index in [0.29, 0.717) is 11.7 Å². The Hall–Kier alpha value is -1.41. The van der Waals surface area contributed by atoms with Gasteiger partial charge in [0, 0.05) is 6.54 Å². The third-order valence-electron chi connectivity index (χ3n) is 2.31. The molecule has 18 heavy (non-hydrogen) atoms. The molecule has 6 nitrogen and oxygen atoms in total. The van der Waals surface area contributed by atoms with Crippen molar-refractivity contribution in [2.24, 2.45) is 0 Å². The monoisotopic (exact) mass is 284 g/mol. The summed E-state index contributed by atoms with van der Waals surface area (Å²) < 4.78 is 1.91. The van der Waals surface area contributed by atoms with Gasteiger partial charge in [-0.2, -0.15) is 0 Å². The van der Waals surface area contributed by atoms with Crippen LogP contribution in [0.2, 0.25) is 0 Å². The van der Waals surface area contributed by atoms with Crippen molar-refractivity contribution in [2.45, 2.75) is 25.5 Å². The third kappa shape index (κ3) is 2.54. The Balaban J connectivity index is 2.33. The van der Waals surface area contributed by atoms with Crippen LogP contribution in [0.4, 0.5) is 0 Å². The predicted octanol–water partition coefficient (Wildman–Crippen LogP) is 1.91. The average Bonchev–Trinajstić information content (AvgIpc) is 2.91. The molecule has 1 N–H and O–H groups in total. The largest absolute Gasteiger partial charge is 0.481 e. The summed E-state index contributed by atoms with van der Waals surface area (Å²) in [6.07, 6.45) is 0. The SMILES string of the molecule is CCn1c(SCC(=O)O)nnc1-c1scnc1C. The standard InChI is InChI=1S/C10H12N4O2S2/c1-3-14-9(8-6(2)11-5-18-8)12-13-10(14)17-4-7(15)16/h5H,3-4H2,1-2H3,(H,15,16). The summed E-state index contributed by atoms with van der Waals surface area (Å²) in [4.78, 5) is 15.7. The Morgan fingerprint density at radius 1 is 1.56 bits per heavy atom. The predicted molar refractivity (Wildman–Crippen MR) is 69.9 cm³/mol. The molecule has 0 radical (unpaired) electrons. The van der Waals surface area contributed by atoms with Crippen LogP contribution in [0, 0.1) is 6.92 Å². The van der Waals surface area contributed by atoms with Gasteiger partial charge in [0.15, 0.2) is 11.0 Å². The lowest BCUT2D eigenvalue weighted by Gasteiger charge is -2.05. The Morgan fingerprint density at radius 2 is 2.33 bits per heavy atom. The number of hydrogen-bond acceptors (Lipinski definition) is 6. The van der Waals surface area contributed by atoms with E-state index >= 15 is 0 Å². The van der Waals surface area contributed by atoms with E-state index in [-0.39, 0.29) is 5.75 Å². The van der Waals surface area contributed by atoms with Crippen molar-refractivity contribution in [1.82, 2.24) is 19.7 Å². The second-order valence-electron chi connectivity index (χ2n) is 3.50. The first kappa shape index (κ1) is 13.0. The molecule has 0 bridgehead atoms. The molecule has 2 aromatic heterocycles. The van der Waals surface area contributed by atoms with E-state index in [0.717, 1.165) is 16.4 Å². The minimum atomic E-state index is -0.860. The number of thioether (sulfide) groups is 1. The average molecular weight is 284 g/mol. The van der Waals surface area contributed by atoms with Crippen LogP contribution in [-0.2, 0) is 11.3 Å². The summed E-state index contributed by atoms with van der Waals surface area (Å²) >= 11 is 2.69. The molecular formula is C10H12N4O2S2. The Labute approximate surface area is 112 Å². The van der Waals surface area contributed by atoms with Gasteiger partial charge >= 0.3 is 5.97 Å². The van der Waals surface area contributed by atoms with Gasteiger partial charge in [-0.3, -0.25) is 4.79 Å². The maximum absolute atomic E-state index is 10.6. The first-order valence-electron chi connectivity index (χ1n) is 5.31. The van der Waals surface area contributed by atoms with E-state index in [1.807, 2.05) is 18.4 Å². The first-order valence-corrected chi connectivity index (χ1v) is 7.18. The summed E-state index contributed by atoms with van der Waals surface area (Å²) in [7, 11) is 0. The van der Waals surface area contributed by atoms with Gasteiger partial charge in [0.2, 0.25) is 0 Å². The van der Waals surface area contributed by atoms with Crippen molar-refractivity contribution >= 4 is 29.1 Å². The molecule has 0 aliphatic carbocycles. The van der Waals surface area contributed by atoms with E-state index in [1.54, 1.807) is 5.51 Å². The van der Waals surface area contributed by atoms with Crippen molar-refractivity contribution in [3.8, 4) is 10.7 Å². The number of thiazole rings is 1. The van der Waals surface area contributed by atoms with Crippen molar-refractivity contribution < 1.29 is 9.90 Å². The number of aromatic nitrogens is 4. The number of aliphatic carboxylic acids is 1. The minimum absolute atomic E-state index is 0.0141. The van der Waals surface area contributed by atoms with Crippen LogP contribution in [0.1, 0.15) is 12.6 Å². The van der Waals surface area contributed by atoms with Gasteiger partial charge in [0.1, 0.15) is 0 Å². The maximum Gasteiger partial charge on any atom is 0.313 e. The highest BCUT2D eigenvalue weighted by molar-refractivity contribution is 7.99. The summed E-state index contributed by atoms with van der Waals surface area (Å²) in [5, 5.41) is 17.5. The van der Waals surface area contributed by atoms with Crippen LogP contribution >= 0.6 is 23.1 Å². The Bertz CT molecular complexity index is 564. The molecule has 0 atom stereocenters. The van der Waals surface area contributed by atoms with Crippen molar-refractivity contribution in [3.63, 3.8) is 0 Å². The molecule has 0 spiro atoms. The molecule has 2 heterocycles. The normalized spacial score (nSPS) is 10.8. The van der Waals surface area contributed by atoms with Crippen molar-refractivity contribution in [1.29, 1.82) is 0 Å². The topological polar surface area (TPSA) is 80.9 Å². The molecule has 2 aromatic rings. The first-order chi connectivity index (χ1) is 8.63. The summed E-state index contributed by atoms with van der Waals surface area (Å²) in [6, 6.07) is 0. The molecule has 0 aliphatic rings. The number of nitrogens with zero attached hydrogens (tertiary/aromatic N) is 4. The number of carboxylic acid groups (broad SMARTS) is 1. The second kappa shape index (κ2) is 5.49. The van der Waals surface area contributed by atoms with Crippen LogP contribution < -0.4 is 0 Å². The van der Waals surface area contributed by atoms with Crippen LogP contribution in [0.5, 0.6) is 0 Å². The van der Waals surface area contributed by atoms with Gasteiger partial charge in [-0.25, -0.2) is 4.98 Å². The van der Waals surface area contributed by atoms with Gasteiger partial charge in [-0.1, -0.05) is 11.8 Å². The zero-order valence-corrected chi connectivity index (χ0v) is 11.6. The number of hydrogen-bond donors (Lipinski definition) is 1. The highest BCUT2D eigenvalue weighted by Crippen LogP contribution is 2.28. The lowest BCUT2D eigenvalue weighted by atomic mass is 10.4. The lowest BCUT2D eigenvalue weighted by molar-refractivity contribution is -0.133. The number of carboxylic acids is 1. The molecule has 0 unspecified atom stereocenters. The highest BCUT2D eigenvalue weighted by Gasteiger charge is 2.17. The highest BCUT2D eigenvalue weighted by atomic mass is 32.2. The zero-order valence-electron chi connectivity index (χ0n) is 9.95. The van der Waals surface area contributed by atoms with Crippen LogP contribution in [-0.4, -0.2) is 36.6 Å². The maximum atomic E-state index is 10.6. The molecule has 0 aromatic carbocycles. The van der Waals surface area contributed by atoms with E-state index in [1.165, 1.54) is 23.1 Å². The quantitative estimate of drug-likeness (QED) is 0.845. The van der Waals surface area contributed by atoms with Crippen LogP contribution in [0.15, 0.2) is 10.7 Å². The lowest BCUT2D eigenvalue weighted by Crippen LogP contribution is -2.03. The summed E-state index contributed by atoms with van der Waals surface area (Å²) in [5.74, 6) is -0.119. The van der Waals surface area contributed by atoms with Crippen molar-refractivity contribution in [3.05, 3.63) is 11.2 Å².